The Hall–Kier alpha value is -2.01. The minimum absolute atomic E-state index is 0.338. The molecule has 0 aliphatic heterocycles. The Morgan fingerprint density at radius 2 is 2.24 bits per heavy atom. The van der Waals surface area contributed by atoms with Gasteiger partial charge in [-0.3, -0.25) is 0 Å². The summed E-state index contributed by atoms with van der Waals surface area (Å²) in [6, 6.07) is 5.75. The molecule has 1 aliphatic carbocycles. The molecular formula is C16H19NO4. The van der Waals surface area contributed by atoms with E-state index in [2.05, 4.69) is 11.8 Å². The van der Waals surface area contributed by atoms with E-state index in [1.807, 2.05) is 18.2 Å². The molecule has 0 unspecified atom stereocenters. The van der Waals surface area contributed by atoms with Crippen LogP contribution >= 0.6 is 0 Å². The highest BCUT2D eigenvalue weighted by molar-refractivity contribution is 5.85. The third kappa shape index (κ3) is 2.61. The summed E-state index contributed by atoms with van der Waals surface area (Å²) in [5.74, 6) is 5.51. The fraction of sp³-hybridized carbons (Fsp3) is 0.438. The maximum Gasteiger partial charge on any atom is 0.330 e. The zero-order chi connectivity index (χ0) is 14.9. The van der Waals surface area contributed by atoms with E-state index in [-0.39, 0.29) is 5.97 Å². The number of hydrogen-bond acceptors (Lipinski definition) is 5. The zero-order valence-electron chi connectivity index (χ0n) is 12.1. The SMILES string of the molecule is CCCOc1ccc2occ(CC3(C(=O)ON)CC3)c2c1. The Morgan fingerprint density at radius 1 is 1.43 bits per heavy atom. The third-order valence-electron chi connectivity index (χ3n) is 4.02. The second-order valence-corrected chi connectivity index (χ2v) is 5.63. The summed E-state index contributed by atoms with van der Waals surface area (Å²) in [6.07, 6.45) is 4.87. The Kier molecular flexibility index (Phi) is 3.59. The number of carbonyl (C=O) groups excluding carboxylic acids is 1. The molecule has 5 nitrogen and oxygen atoms in total. The van der Waals surface area contributed by atoms with Gasteiger partial charge < -0.3 is 14.0 Å². The monoisotopic (exact) mass is 289 g/mol. The fourth-order valence-electron chi connectivity index (χ4n) is 2.60. The van der Waals surface area contributed by atoms with Gasteiger partial charge in [-0.25, -0.2) is 4.79 Å². The summed E-state index contributed by atoms with van der Waals surface area (Å²) >= 11 is 0. The Morgan fingerprint density at radius 3 is 2.90 bits per heavy atom. The Bertz CT molecular complexity index is 657. The van der Waals surface area contributed by atoms with E-state index in [4.69, 9.17) is 15.1 Å². The van der Waals surface area contributed by atoms with Crippen LogP contribution in [-0.4, -0.2) is 12.6 Å². The van der Waals surface area contributed by atoms with Crippen LogP contribution < -0.4 is 10.6 Å². The van der Waals surface area contributed by atoms with Crippen LogP contribution in [0.3, 0.4) is 0 Å². The Labute approximate surface area is 123 Å². The van der Waals surface area contributed by atoms with Gasteiger partial charge in [0.15, 0.2) is 0 Å². The zero-order valence-corrected chi connectivity index (χ0v) is 12.1. The van der Waals surface area contributed by atoms with Crippen molar-refractivity contribution in [1.29, 1.82) is 0 Å². The van der Waals surface area contributed by atoms with Gasteiger partial charge >= 0.3 is 5.97 Å². The maximum absolute atomic E-state index is 11.8. The normalized spacial score (nSPS) is 15.9. The van der Waals surface area contributed by atoms with Gasteiger partial charge in [-0.15, -0.1) is 0 Å². The van der Waals surface area contributed by atoms with Crippen LogP contribution in [0.25, 0.3) is 11.0 Å². The minimum Gasteiger partial charge on any atom is -0.494 e. The smallest absolute Gasteiger partial charge is 0.330 e. The molecule has 0 atom stereocenters. The van der Waals surface area contributed by atoms with E-state index >= 15 is 0 Å². The van der Waals surface area contributed by atoms with Crippen molar-refractivity contribution in [3.8, 4) is 5.75 Å². The molecule has 0 saturated heterocycles. The van der Waals surface area contributed by atoms with E-state index in [1.54, 1.807) is 6.26 Å². The van der Waals surface area contributed by atoms with E-state index in [9.17, 15) is 4.79 Å². The van der Waals surface area contributed by atoms with Crippen molar-refractivity contribution >= 4 is 16.9 Å². The highest BCUT2D eigenvalue weighted by Gasteiger charge is 2.51. The largest absolute Gasteiger partial charge is 0.494 e. The molecule has 0 radical (unpaired) electrons. The number of ether oxygens (including phenoxy) is 1. The lowest BCUT2D eigenvalue weighted by Crippen LogP contribution is -2.24. The molecule has 0 bridgehead atoms. The number of benzene rings is 1. The summed E-state index contributed by atoms with van der Waals surface area (Å²) in [4.78, 5) is 16.2. The van der Waals surface area contributed by atoms with Crippen molar-refractivity contribution in [2.24, 2.45) is 11.3 Å². The van der Waals surface area contributed by atoms with Crippen LogP contribution in [-0.2, 0) is 16.1 Å². The lowest BCUT2D eigenvalue weighted by Gasteiger charge is -2.10. The quantitative estimate of drug-likeness (QED) is 0.827. The molecule has 2 N–H and O–H groups in total. The summed E-state index contributed by atoms with van der Waals surface area (Å²) in [5, 5.41) is 0.986. The molecule has 2 aromatic rings. The Balaban J connectivity index is 1.87. The molecule has 0 spiro atoms. The van der Waals surface area contributed by atoms with Gasteiger partial charge in [0.05, 0.1) is 18.3 Å². The van der Waals surface area contributed by atoms with E-state index < -0.39 is 5.41 Å². The lowest BCUT2D eigenvalue weighted by atomic mass is 9.96. The van der Waals surface area contributed by atoms with Gasteiger partial charge in [0.25, 0.3) is 0 Å². The summed E-state index contributed by atoms with van der Waals surface area (Å²) < 4.78 is 11.2. The molecule has 21 heavy (non-hydrogen) atoms. The molecular weight excluding hydrogens is 270 g/mol. The predicted octanol–water partition coefficient (Wildman–Crippen LogP) is 2.96. The fourth-order valence-corrected chi connectivity index (χ4v) is 2.60. The molecule has 1 fully saturated rings. The van der Waals surface area contributed by atoms with E-state index in [0.29, 0.717) is 13.0 Å². The maximum atomic E-state index is 11.8. The van der Waals surface area contributed by atoms with Crippen LogP contribution in [0.5, 0.6) is 5.75 Å². The summed E-state index contributed by atoms with van der Waals surface area (Å²) in [5.41, 5.74) is 1.33. The van der Waals surface area contributed by atoms with Gasteiger partial charge in [0, 0.05) is 5.39 Å². The summed E-state index contributed by atoms with van der Waals surface area (Å²) in [7, 11) is 0. The topological polar surface area (TPSA) is 74.7 Å². The number of hydrogen-bond donors (Lipinski definition) is 1. The van der Waals surface area contributed by atoms with E-state index in [1.165, 1.54) is 0 Å². The molecule has 1 saturated carbocycles. The van der Waals surface area contributed by atoms with Crippen molar-refractivity contribution in [3.05, 3.63) is 30.0 Å². The van der Waals surface area contributed by atoms with Crippen LogP contribution in [0.2, 0.25) is 0 Å². The van der Waals surface area contributed by atoms with E-state index in [0.717, 1.165) is 41.5 Å². The average Bonchev–Trinajstić information content (AvgIpc) is 3.20. The van der Waals surface area contributed by atoms with Gasteiger partial charge in [-0.05, 0) is 49.4 Å². The van der Waals surface area contributed by atoms with Crippen LogP contribution in [0, 0.1) is 5.41 Å². The number of nitrogens with two attached hydrogens (primary N) is 1. The van der Waals surface area contributed by atoms with Crippen LogP contribution in [0.4, 0.5) is 0 Å². The van der Waals surface area contributed by atoms with Gasteiger partial charge in [0.2, 0.25) is 0 Å². The first-order chi connectivity index (χ1) is 10.2. The number of furan rings is 1. The van der Waals surface area contributed by atoms with Crippen LogP contribution in [0.1, 0.15) is 31.7 Å². The van der Waals surface area contributed by atoms with Crippen molar-refractivity contribution in [1.82, 2.24) is 0 Å². The first kappa shape index (κ1) is 13.9. The molecule has 1 aliphatic rings. The standard InChI is InChI=1S/C16H19NO4/c1-2-7-19-12-3-4-14-13(8-12)11(10-20-14)9-16(5-6-16)15(18)21-17/h3-4,8,10H,2,5-7,9,17H2,1H3. The minimum atomic E-state index is -0.466. The molecule has 0 amide bonds. The molecule has 5 heteroatoms. The molecule has 3 rings (SSSR count). The van der Waals surface area contributed by atoms with Gasteiger partial charge in [-0.1, -0.05) is 6.92 Å². The number of fused-ring (bicyclic) bond motifs is 1. The first-order valence-electron chi connectivity index (χ1n) is 7.22. The van der Waals surface area contributed by atoms with Crippen molar-refractivity contribution in [2.45, 2.75) is 32.6 Å². The predicted molar refractivity (Wildman–Crippen MR) is 77.7 cm³/mol. The molecule has 112 valence electrons. The molecule has 1 aromatic carbocycles. The second-order valence-electron chi connectivity index (χ2n) is 5.63. The number of rotatable bonds is 6. The first-order valence-corrected chi connectivity index (χ1v) is 7.22. The van der Waals surface area contributed by atoms with Crippen molar-refractivity contribution < 1.29 is 18.8 Å². The van der Waals surface area contributed by atoms with Gasteiger partial charge in [0.1, 0.15) is 11.3 Å². The second kappa shape index (κ2) is 5.41. The van der Waals surface area contributed by atoms with Crippen molar-refractivity contribution in [2.75, 3.05) is 6.61 Å². The third-order valence-corrected chi connectivity index (χ3v) is 4.02. The number of carbonyl (C=O) groups is 1. The lowest BCUT2D eigenvalue weighted by molar-refractivity contribution is -0.150. The average molecular weight is 289 g/mol. The summed E-state index contributed by atoms with van der Waals surface area (Å²) in [6.45, 7) is 2.75. The molecule has 1 heterocycles. The highest BCUT2D eigenvalue weighted by atomic mass is 16.7. The molecule has 1 aromatic heterocycles. The van der Waals surface area contributed by atoms with Crippen molar-refractivity contribution in [3.63, 3.8) is 0 Å². The van der Waals surface area contributed by atoms with Crippen LogP contribution in [0.15, 0.2) is 28.9 Å². The van der Waals surface area contributed by atoms with Gasteiger partial charge in [-0.2, -0.15) is 5.90 Å². The highest BCUT2D eigenvalue weighted by Crippen LogP contribution is 2.50.